The molecule has 0 unspecified atom stereocenters. The Hall–Kier alpha value is -3.52. The molecule has 0 radical (unpaired) electrons. The van der Waals surface area contributed by atoms with Gasteiger partial charge in [-0.2, -0.15) is 13.2 Å². The number of pyridine rings is 2. The van der Waals surface area contributed by atoms with E-state index in [4.69, 9.17) is 36.0 Å². The molecular formula is C24H24ClF5N4O5. The predicted molar refractivity (Wildman–Crippen MR) is 130 cm³/mol. The van der Waals surface area contributed by atoms with Gasteiger partial charge in [-0.15, -0.1) is 0 Å². The van der Waals surface area contributed by atoms with Gasteiger partial charge in [0.1, 0.15) is 33.6 Å². The molecule has 0 saturated carbocycles. The number of aliphatic carboxylic acids is 1. The number of halogens is 6. The first-order valence-electron chi connectivity index (χ1n) is 11.6. The van der Waals surface area contributed by atoms with Crippen molar-refractivity contribution in [1.82, 2.24) is 14.4 Å². The van der Waals surface area contributed by atoms with Crippen LogP contribution in [0.3, 0.4) is 0 Å². The number of rotatable bonds is 6. The van der Waals surface area contributed by atoms with Crippen LogP contribution in [-0.2, 0) is 9.53 Å². The van der Waals surface area contributed by atoms with Gasteiger partial charge in [0, 0.05) is 31.4 Å². The lowest BCUT2D eigenvalue weighted by Gasteiger charge is -2.20. The molecule has 212 valence electrons. The second-order valence-corrected chi connectivity index (χ2v) is 8.98. The molecule has 9 nitrogen and oxygen atoms in total. The molecule has 0 bridgehead atoms. The summed E-state index contributed by atoms with van der Waals surface area (Å²) in [4.78, 5) is 30.1. The minimum Gasteiger partial charge on any atom is -0.489 e. The summed E-state index contributed by atoms with van der Waals surface area (Å²) in [5.74, 6) is -2.81. The maximum absolute atomic E-state index is 13.0. The predicted octanol–water partition coefficient (Wildman–Crippen LogP) is 5.89. The number of nitrogens with one attached hydrogen (secondary N) is 1. The second kappa shape index (κ2) is 12.6. The molecular weight excluding hydrogens is 555 g/mol. The topological polar surface area (TPSA) is 115 Å². The van der Waals surface area contributed by atoms with E-state index in [2.05, 4.69) is 10.3 Å². The monoisotopic (exact) mass is 578 g/mol. The van der Waals surface area contributed by atoms with Crippen molar-refractivity contribution in [3.8, 4) is 5.75 Å². The maximum atomic E-state index is 13.0. The number of amides is 1. The van der Waals surface area contributed by atoms with Crippen molar-refractivity contribution < 1.29 is 46.1 Å². The average Bonchev–Trinajstić information content (AvgIpc) is 3.19. The van der Waals surface area contributed by atoms with Crippen molar-refractivity contribution in [1.29, 1.82) is 0 Å². The van der Waals surface area contributed by atoms with Crippen LogP contribution in [0.5, 0.6) is 5.75 Å². The summed E-state index contributed by atoms with van der Waals surface area (Å²) < 4.78 is 70.7. The van der Waals surface area contributed by atoms with Crippen LogP contribution in [0.15, 0.2) is 30.5 Å². The highest BCUT2D eigenvalue weighted by molar-refractivity contribution is 6.30. The number of carbonyl (C=O) groups excluding carboxylic acids is 1. The summed E-state index contributed by atoms with van der Waals surface area (Å²) >= 11 is 6.64. The Morgan fingerprint density at radius 1 is 1.21 bits per heavy atom. The summed E-state index contributed by atoms with van der Waals surface area (Å²) in [7, 11) is 0. The number of carboxylic acids is 1. The van der Waals surface area contributed by atoms with Gasteiger partial charge in [0.25, 0.3) is 12.3 Å². The number of carbonyl (C=O) groups is 2. The molecule has 15 heteroatoms. The standard InChI is InChI=1S/C22H23ClF2N4O3.C2HF3O2/c1-12(2)32-17-10-18-28-19(13-6-8-31-9-7-13)20(23)29(18)11-16(17)27-22(30)15-5-3-4-14(26-15)21(24)25;3-2(4,5)1(6)7/h3-5,10-13,21H,6-9H2,1-2H3,(H,27,30);(H,6,7). The molecule has 0 spiro atoms. The van der Waals surface area contributed by atoms with Crippen molar-refractivity contribution in [3.63, 3.8) is 0 Å². The van der Waals surface area contributed by atoms with Gasteiger partial charge >= 0.3 is 12.1 Å². The lowest BCUT2D eigenvalue weighted by molar-refractivity contribution is -0.192. The number of hydrogen-bond donors (Lipinski definition) is 2. The molecule has 0 aromatic carbocycles. The van der Waals surface area contributed by atoms with Crippen LogP contribution in [0.1, 0.15) is 60.9 Å². The zero-order valence-corrected chi connectivity index (χ0v) is 21.4. The molecule has 1 amide bonds. The summed E-state index contributed by atoms with van der Waals surface area (Å²) in [6, 6.07) is 5.61. The van der Waals surface area contributed by atoms with Gasteiger partial charge in [0.05, 0.1) is 11.8 Å². The first kappa shape index (κ1) is 30.0. The molecule has 0 atom stereocenters. The van der Waals surface area contributed by atoms with E-state index in [9.17, 15) is 26.7 Å². The van der Waals surface area contributed by atoms with Crippen molar-refractivity contribution in [2.45, 2.75) is 51.3 Å². The minimum atomic E-state index is -5.08. The van der Waals surface area contributed by atoms with Crippen LogP contribution >= 0.6 is 11.6 Å². The summed E-state index contributed by atoms with van der Waals surface area (Å²) in [6.45, 7) is 5.02. The molecule has 2 N–H and O–H groups in total. The van der Waals surface area contributed by atoms with E-state index < -0.39 is 30.2 Å². The van der Waals surface area contributed by atoms with Crippen LogP contribution in [0.25, 0.3) is 5.65 Å². The van der Waals surface area contributed by atoms with Crippen molar-refractivity contribution >= 4 is 34.8 Å². The Labute approximate surface area is 223 Å². The number of fused-ring (bicyclic) bond motifs is 1. The molecule has 3 aromatic rings. The molecule has 1 aliphatic heterocycles. The van der Waals surface area contributed by atoms with E-state index in [-0.39, 0.29) is 17.7 Å². The largest absolute Gasteiger partial charge is 0.490 e. The number of aromatic nitrogens is 3. The normalized spacial score (nSPS) is 14.3. The zero-order valence-electron chi connectivity index (χ0n) is 20.6. The van der Waals surface area contributed by atoms with E-state index in [1.165, 1.54) is 18.2 Å². The quantitative estimate of drug-likeness (QED) is 0.351. The fourth-order valence-electron chi connectivity index (χ4n) is 3.62. The van der Waals surface area contributed by atoms with Gasteiger partial charge in [-0.1, -0.05) is 17.7 Å². The number of hydrogen-bond acceptors (Lipinski definition) is 6. The fourth-order valence-corrected chi connectivity index (χ4v) is 3.95. The molecule has 0 aliphatic carbocycles. The van der Waals surface area contributed by atoms with Gasteiger partial charge in [-0.3, -0.25) is 9.20 Å². The Balaban J connectivity index is 0.000000532. The molecule has 4 heterocycles. The van der Waals surface area contributed by atoms with Crippen molar-refractivity contribution in [2.24, 2.45) is 0 Å². The zero-order chi connectivity index (χ0) is 28.9. The Morgan fingerprint density at radius 3 is 2.41 bits per heavy atom. The third kappa shape index (κ3) is 7.76. The first-order chi connectivity index (χ1) is 18.3. The molecule has 1 saturated heterocycles. The molecule has 1 aliphatic rings. The summed E-state index contributed by atoms with van der Waals surface area (Å²) in [6.07, 6.45) is -4.75. The Morgan fingerprint density at radius 2 is 1.85 bits per heavy atom. The Kier molecular flexibility index (Phi) is 9.67. The number of alkyl halides is 5. The van der Waals surface area contributed by atoms with Crippen LogP contribution < -0.4 is 10.1 Å². The smallest absolute Gasteiger partial charge is 0.489 e. The van der Waals surface area contributed by atoms with E-state index in [1.54, 1.807) is 16.7 Å². The number of ether oxygens (including phenoxy) is 2. The third-order valence-corrected chi connectivity index (χ3v) is 5.75. The highest BCUT2D eigenvalue weighted by Gasteiger charge is 2.38. The van der Waals surface area contributed by atoms with E-state index in [0.29, 0.717) is 35.5 Å². The summed E-state index contributed by atoms with van der Waals surface area (Å²) in [5.41, 5.74) is 1.10. The lowest BCUT2D eigenvalue weighted by Crippen LogP contribution is -2.21. The second-order valence-electron chi connectivity index (χ2n) is 8.63. The van der Waals surface area contributed by atoms with Crippen LogP contribution in [0, 0.1) is 0 Å². The van der Waals surface area contributed by atoms with Crippen molar-refractivity contribution in [2.75, 3.05) is 18.5 Å². The number of imidazole rings is 1. The van der Waals surface area contributed by atoms with Gasteiger partial charge < -0.3 is 19.9 Å². The highest BCUT2D eigenvalue weighted by Crippen LogP contribution is 2.35. The molecule has 1 fully saturated rings. The summed E-state index contributed by atoms with van der Waals surface area (Å²) in [5, 5.41) is 10.3. The van der Waals surface area contributed by atoms with Crippen LogP contribution in [0.4, 0.5) is 27.6 Å². The molecule has 4 rings (SSSR count). The third-order valence-electron chi connectivity index (χ3n) is 5.38. The van der Waals surface area contributed by atoms with Crippen molar-refractivity contribution in [3.05, 3.63) is 52.7 Å². The van der Waals surface area contributed by atoms with E-state index in [1.807, 2.05) is 13.8 Å². The van der Waals surface area contributed by atoms with Gasteiger partial charge in [-0.05, 0) is 38.8 Å². The maximum Gasteiger partial charge on any atom is 0.490 e. The molecule has 3 aromatic heterocycles. The van der Waals surface area contributed by atoms with E-state index >= 15 is 0 Å². The number of anilines is 1. The van der Waals surface area contributed by atoms with Crippen LogP contribution in [-0.4, -0.2) is 56.8 Å². The van der Waals surface area contributed by atoms with Gasteiger partial charge in [-0.25, -0.2) is 23.5 Å². The van der Waals surface area contributed by atoms with Gasteiger partial charge in [0.2, 0.25) is 0 Å². The average molecular weight is 579 g/mol. The van der Waals surface area contributed by atoms with E-state index in [0.717, 1.165) is 18.5 Å². The Bertz CT molecular complexity index is 1330. The minimum absolute atomic E-state index is 0.127. The lowest BCUT2D eigenvalue weighted by atomic mass is 9.97. The highest BCUT2D eigenvalue weighted by atomic mass is 35.5. The van der Waals surface area contributed by atoms with Gasteiger partial charge in [0.15, 0.2) is 0 Å². The van der Waals surface area contributed by atoms with Crippen LogP contribution in [0.2, 0.25) is 5.15 Å². The number of carboxylic acid groups (broad SMARTS) is 1. The SMILES string of the molecule is CC(C)Oc1cc2nc(C3CCOCC3)c(Cl)n2cc1NC(=O)c1cccc(C(F)F)n1.O=C(O)C(F)(F)F. The fraction of sp³-hybridized carbons (Fsp3) is 0.417. The first-order valence-corrected chi connectivity index (χ1v) is 12.0. The number of nitrogens with zero attached hydrogens (tertiary/aromatic N) is 3. The molecule has 39 heavy (non-hydrogen) atoms.